The summed E-state index contributed by atoms with van der Waals surface area (Å²) in [6, 6.07) is 17.4. The highest BCUT2D eigenvalue weighted by atomic mass is 19.4. The van der Waals surface area contributed by atoms with Crippen LogP contribution in [-0.2, 0) is 0 Å². The van der Waals surface area contributed by atoms with Gasteiger partial charge in [0.05, 0.1) is 27.9 Å². The Labute approximate surface area is 250 Å². The van der Waals surface area contributed by atoms with Crippen molar-refractivity contribution in [1.29, 1.82) is 0 Å². The van der Waals surface area contributed by atoms with Crippen molar-refractivity contribution in [3.05, 3.63) is 123 Å². The molecule has 0 aliphatic carbocycles. The molecule has 4 aromatic rings. The lowest BCUT2D eigenvalue weighted by molar-refractivity contribution is -0.141. The van der Waals surface area contributed by atoms with Crippen LogP contribution in [0.15, 0.2) is 72.8 Å². The summed E-state index contributed by atoms with van der Waals surface area (Å²) < 4.78 is 48.8. The fourth-order valence-electron chi connectivity index (χ4n) is 5.67. The largest absolute Gasteiger partial charge is 0.457 e. The van der Waals surface area contributed by atoms with Crippen LogP contribution in [0.25, 0.3) is 0 Å². The lowest BCUT2D eigenvalue weighted by Gasteiger charge is -2.24. The molecule has 7 nitrogen and oxygen atoms in total. The van der Waals surface area contributed by atoms with Gasteiger partial charge in [-0.25, -0.2) is 4.90 Å². The molecule has 222 valence electrons. The van der Waals surface area contributed by atoms with Crippen LogP contribution >= 0.6 is 0 Å². The number of fused-ring (bicyclic) bond motifs is 2. The number of aryl methyl sites for hydroxylation is 3. The minimum atomic E-state index is -4.57. The van der Waals surface area contributed by atoms with E-state index in [2.05, 4.69) is 0 Å². The van der Waals surface area contributed by atoms with E-state index in [1.165, 1.54) is 73.8 Å². The maximum atomic E-state index is 14.3. The summed E-state index contributed by atoms with van der Waals surface area (Å²) in [7, 11) is 1.38. The van der Waals surface area contributed by atoms with Crippen LogP contribution in [0.5, 0.6) is 11.5 Å². The molecule has 2 aliphatic rings. The van der Waals surface area contributed by atoms with Gasteiger partial charge in [-0.2, -0.15) is 13.2 Å². The molecule has 0 radical (unpaired) electrons. The van der Waals surface area contributed by atoms with Crippen molar-refractivity contribution in [2.24, 2.45) is 0 Å². The van der Waals surface area contributed by atoms with Crippen LogP contribution in [0, 0.1) is 20.8 Å². The van der Waals surface area contributed by atoms with E-state index in [0.29, 0.717) is 5.56 Å². The molecule has 0 aromatic heterocycles. The summed E-state index contributed by atoms with van der Waals surface area (Å²) in [5, 5.41) is 0. The maximum Gasteiger partial charge on any atom is 0.399 e. The normalized spacial score (nSPS) is 15.2. The van der Waals surface area contributed by atoms with Gasteiger partial charge in [-0.15, -0.1) is 0 Å². The average Bonchev–Trinajstić information content (AvgIpc) is 3.33. The third kappa shape index (κ3) is 4.63. The summed E-state index contributed by atoms with van der Waals surface area (Å²) in [5.74, 6) is -3.56. The molecule has 2 aliphatic heterocycles. The Morgan fingerprint density at radius 3 is 1.66 bits per heavy atom. The molecule has 0 fully saturated rings. The van der Waals surface area contributed by atoms with Crippen LogP contribution < -0.4 is 9.64 Å². The van der Waals surface area contributed by atoms with Gasteiger partial charge in [0.2, 0.25) is 0 Å². The maximum absolute atomic E-state index is 14.3. The minimum Gasteiger partial charge on any atom is -0.457 e. The zero-order valence-electron chi connectivity index (χ0n) is 24.1. The first-order chi connectivity index (χ1) is 20.8. The molecular weight excluding hydrogens is 573 g/mol. The van der Waals surface area contributed by atoms with Crippen LogP contribution in [0.1, 0.15) is 75.2 Å². The van der Waals surface area contributed by atoms with Crippen LogP contribution in [0.4, 0.5) is 18.9 Å². The molecule has 4 aromatic carbocycles. The highest BCUT2D eigenvalue weighted by molar-refractivity contribution is 6.34. The standard InChI is InChI=1S/C34H25F3N2O5/c1-17-5-6-20(13-18(17)2)29(34(35,36)37)21-7-12-28(19(3)14-21)39-32(42)25-11-9-23(16-27(25)33(39)43)44-22-8-10-24-26(15-22)31(41)38(4)30(24)40/h5-16,29H,1-4H3. The summed E-state index contributed by atoms with van der Waals surface area (Å²) in [5.41, 5.74) is 2.85. The second-order valence-corrected chi connectivity index (χ2v) is 11.0. The molecule has 0 bridgehead atoms. The zero-order chi connectivity index (χ0) is 31.7. The van der Waals surface area contributed by atoms with E-state index in [0.717, 1.165) is 20.9 Å². The third-order valence-electron chi connectivity index (χ3n) is 8.14. The van der Waals surface area contributed by atoms with Crippen molar-refractivity contribution in [1.82, 2.24) is 4.90 Å². The van der Waals surface area contributed by atoms with Gasteiger partial charge in [0, 0.05) is 7.05 Å². The highest BCUT2D eigenvalue weighted by Crippen LogP contribution is 2.42. The third-order valence-corrected chi connectivity index (χ3v) is 8.14. The van der Waals surface area contributed by atoms with Crippen molar-refractivity contribution in [2.75, 3.05) is 11.9 Å². The molecule has 0 saturated heterocycles. The van der Waals surface area contributed by atoms with Crippen molar-refractivity contribution >= 4 is 29.3 Å². The zero-order valence-corrected chi connectivity index (χ0v) is 24.1. The fraction of sp³-hybridized carbons (Fsp3) is 0.176. The number of amides is 4. The van der Waals surface area contributed by atoms with Crippen molar-refractivity contribution in [3.8, 4) is 11.5 Å². The summed E-state index contributed by atoms with van der Waals surface area (Å²) >= 11 is 0. The molecule has 6 rings (SSSR count). The number of imide groups is 2. The van der Waals surface area contributed by atoms with Gasteiger partial charge < -0.3 is 4.74 Å². The number of carbonyl (C=O) groups is 4. The van der Waals surface area contributed by atoms with E-state index in [1.54, 1.807) is 19.9 Å². The number of carbonyl (C=O) groups excluding carboxylic acids is 4. The molecule has 4 amide bonds. The Bertz CT molecular complexity index is 1930. The Balaban J connectivity index is 1.29. The Morgan fingerprint density at radius 1 is 0.591 bits per heavy atom. The quantitative estimate of drug-likeness (QED) is 0.228. The van der Waals surface area contributed by atoms with Crippen LogP contribution in [0.2, 0.25) is 0 Å². The summed E-state index contributed by atoms with van der Waals surface area (Å²) in [6.45, 7) is 5.14. The molecular formula is C34H25F3N2O5. The van der Waals surface area contributed by atoms with Gasteiger partial charge in [-0.05, 0) is 91.1 Å². The highest BCUT2D eigenvalue weighted by Gasteiger charge is 2.43. The first kappa shape index (κ1) is 28.9. The van der Waals surface area contributed by atoms with E-state index in [4.69, 9.17) is 4.74 Å². The second kappa shape index (κ2) is 10.2. The van der Waals surface area contributed by atoms with Gasteiger partial charge >= 0.3 is 6.18 Å². The smallest absolute Gasteiger partial charge is 0.399 e. The number of hydrogen-bond donors (Lipinski definition) is 0. The number of alkyl halides is 3. The number of ether oxygens (including phenoxy) is 1. The van der Waals surface area contributed by atoms with Crippen molar-refractivity contribution in [3.63, 3.8) is 0 Å². The fourth-order valence-corrected chi connectivity index (χ4v) is 5.67. The average molecular weight is 599 g/mol. The van der Waals surface area contributed by atoms with Crippen LogP contribution in [0.3, 0.4) is 0 Å². The number of nitrogens with zero attached hydrogens (tertiary/aromatic N) is 2. The molecule has 10 heteroatoms. The molecule has 0 spiro atoms. The predicted octanol–water partition coefficient (Wildman–Crippen LogP) is 7.12. The van der Waals surface area contributed by atoms with Crippen molar-refractivity contribution in [2.45, 2.75) is 32.9 Å². The monoisotopic (exact) mass is 598 g/mol. The van der Waals surface area contributed by atoms with Gasteiger partial charge in [-0.1, -0.05) is 30.3 Å². The van der Waals surface area contributed by atoms with Gasteiger partial charge in [0.1, 0.15) is 17.4 Å². The molecule has 0 N–H and O–H groups in total. The van der Waals surface area contributed by atoms with E-state index in [-0.39, 0.29) is 50.6 Å². The summed E-state index contributed by atoms with van der Waals surface area (Å²) in [6.07, 6.45) is -4.57. The summed E-state index contributed by atoms with van der Waals surface area (Å²) in [4.78, 5) is 53.3. The number of anilines is 1. The van der Waals surface area contributed by atoms with E-state index in [1.807, 2.05) is 6.92 Å². The molecule has 2 heterocycles. The molecule has 44 heavy (non-hydrogen) atoms. The number of benzene rings is 4. The van der Waals surface area contributed by atoms with E-state index < -0.39 is 35.7 Å². The number of hydrogen-bond acceptors (Lipinski definition) is 5. The topological polar surface area (TPSA) is 84.0 Å². The molecule has 1 unspecified atom stereocenters. The van der Waals surface area contributed by atoms with E-state index >= 15 is 0 Å². The molecule has 0 saturated carbocycles. The Hall–Kier alpha value is -5.25. The second-order valence-electron chi connectivity index (χ2n) is 11.0. The number of halogens is 3. The number of rotatable bonds is 5. The lowest BCUT2D eigenvalue weighted by Crippen LogP contribution is -2.30. The predicted molar refractivity (Wildman–Crippen MR) is 156 cm³/mol. The minimum absolute atomic E-state index is 0.00461. The van der Waals surface area contributed by atoms with Gasteiger partial charge in [-0.3, -0.25) is 24.1 Å². The van der Waals surface area contributed by atoms with Crippen molar-refractivity contribution < 1.29 is 37.1 Å². The van der Waals surface area contributed by atoms with Crippen LogP contribution in [-0.4, -0.2) is 41.8 Å². The Kier molecular flexibility index (Phi) is 6.68. The van der Waals surface area contributed by atoms with E-state index in [9.17, 15) is 32.3 Å². The van der Waals surface area contributed by atoms with Gasteiger partial charge in [0.25, 0.3) is 23.6 Å². The molecule has 1 atom stereocenters. The first-order valence-electron chi connectivity index (χ1n) is 13.7. The lowest BCUT2D eigenvalue weighted by atomic mass is 9.88. The first-order valence-corrected chi connectivity index (χ1v) is 13.7. The Morgan fingerprint density at radius 2 is 1.09 bits per heavy atom. The SMILES string of the molecule is Cc1ccc(C(c2ccc(N3C(=O)c4ccc(Oc5ccc6c(c5)C(=O)N(C)C6=O)cc4C3=O)c(C)c2)C(F)(F)F)cc1C. The van der Waals surface area contributed by atoms with Gasteiger partial charge in [0.15, 0.2) is 0 Å².